The van der Waals surface area contributed by atoms with Crippen LogP contribution in [0.25, 0.3) is 11.6 Å². The lowest BCUT2D eigenvalue weighted by Gasteiger charge is -2.09. The van der Waals surface area contributed by atoms with E-state index in [0.29, 0.717) is 12.2 Å². The number of nitrogens with zero attached hydrogens (tertiary/aromatic N) is 1. The summed E-state index contributed by atoms with van der Waals surface area (Å²) in [4.78, 5) is 0. The molecule has 0 aromatic heterocycles. The van der Waals surface area contributed by atoms with Gasteiger partial charge in [0.05, 0.1) is 11.6 Å². The first-order chi connectivity index (χ1) is 10.6. The molecule has 0 spiro atoms. The first kappa shape index (κ1) is 16.1. The van der Waals surface area contributed by atoms with Gasteiger partial charge in [-0.05, 0) is 36.8 Å². The molecule has 0 saturated heterocycles. The minimum atomic E-state index is 0.425. The van der Waals surface area contributed by atoms with Gasteiger partial charge in [-0.25, -0.2) is 0 Å². The van der Waals surface area contributed by atoms with Crippen molar-refractivity contribution in [1.82, 2.24) is 0 Å². The maximum absolute atomic E-state index is 9.46. The number of halogens is 1. The van der Waals surface area contributed by atoms with Crippen LogP contribution in [0.1, 0.15) is 16.7 Å². The predicted molar refractivity (Wildman–Crippen MR) is 94.5 cm³/mol. The molecular weight excluding hydrogens is 338 g/mol. The van der Waals surface area contributed by atoms with Gasteiger partial charge in [-0.3, -0.25) is 0 Å². The van der Waals surface area contributed by atoms with Crippen LogP contribution >= 0.6 is 15.9 Å². The normalized spacial score (nSPS) is 10.9. The average Bonchev–Trinajstić information content (AvgIpc) is 2.53. The van der Waals surface area contributed by atoms with E-state index in [4.69, 9.17) is 4.74 Å². The highest BCUT2D eigenvalue weighted by molar-refractivity contribution is 9.10. The monoisotopic (exact) mass is 353 g/mol. The highest BCUT2D eigenvalue weighted by atomic mass is 79.9. The van der Waals surface area contributed by atoms with Gasteiger partial charge in [-0.15, -0.1) is 0 Å². The second-order valence-electron chi connectivity index (χ2n) is 4.82. The fraction of sp³-hybridized carbons (Fsp3) is 0.105. The molecule has 0 aliphatic rings. The first-order valence-corrected chi connectivity index (χ1v) is 7.65. The van der Waals surface area contributed by atoms with Gasteiger partial charge < -0.3 is 4.74 Å². The van der Waals surface area contributed by atoms with Gasteiger partial charge in [-0.1, -0.05) is 58.4 Å². The maximum Gasteiger partial charge on any atom is 0.127 e. The lowest BCUT2D eigenvalue weighted by molar-refractivity contribution is 0.362. The second-order valence-corrected chi connectivity index (χ2v) is 5.73. The summed E-state index contributed by atoms with van der Waals surface area (Å²) in [6, 6.07) is 15.9. The zero-order chi connectivity index (χ0) is 15.9. The van der Waals surface area contributed by atoms with E-state index in [0.717, 1.165) is 21.3 Å². The molecule has 0 aliphatic carbocycles. The summed E-state index contributed by atoms with van der Waals surface area (Å²) in [5.41, 5.74) is 3.51. The summed E-state index contributed by atoms with van der Waals surface area (Å²) in [6.45, 7) is 6.10. The van der Waals surface area contributed by atoms with Gasteiger partial charge >= 0.3 is 0 Å². The molecule has 0 aliphatic heterocycles. The molecule has 0 fully saturated rings. The van der Waals surface area contributed by atoms with E-state index in [9.17, 15) is 5.26 Å². The molecule has 0 unspecified atom stereocenters. The number of ether oxygens (including phenoxy) is 1. The van der Waals surface area contributed by atoms with Crippen LogP contribution in [-0.4, -0.2) is 6.61 Å². The molecule has 110 valence electrons. The predicted octanol–water partition coefficient (Wildman–Crippen LogP) is 5.39. The van der Waals surface area contributed by atoms with Crippen LogP contribution in [0.15, 0.2) is 59.6 Å². The Hall–Kier alpha value is -2.31. The number of benzene rings is 2. The van der Waals surface area contributed by atoms with Crippen molar-refractivity contribution in [3.8, 4) is 11.8 Å². The second kappa shape index (κ2) is 7.63. The van der Waals surface area contributed by atoms with E-state index < -0.39 is 0 Å². The van der Waals surface area contributed by atoms with Crippen molar-refractivity contribution in [1.29, 1.82) is 5.26 Å². The smallest absolute Gasteiger partial charge is 0.127 e. The first-order valence-electron chi connectivity index (χ1n) is 6.86. The molecule has 2 rings (SSSR count). The lowest BCUT2D eigenvalue weighted by atomic mass is 10.0. The molecule has 2 aromatic carbocycles. The zero-order valence-corrected chi connectivity index (χ0v) is 13.9. The number of hydrogen-bond acceptors (Lipinski definition) is 2. The SMILES string of the molecule is C=CCOc1ccc(Br)cc1/C=C(\C#N)c1ccc(C)cc1. The molecule has 0 atom stereocenters. The number of allylic oxidation sites excluding steroid dienone is 1. The molecular formula is C19H16BrNO. The Morgan fingerprint density at radius 2 is 2.00 bits per heavy atom. The number of rotatable bonds is 5. The third-order valence-electron chi connectivity index (χ3n) is 3.11. The Bertz CT molecular complexity index is 739. The molecule has 22 heavy (non-hydrogen) atoms. The van der Waals surface area contributed by atoms with E-state index in [1.807, 2.05) is 55.5 Å². The number of aryl methyl sites for hydroxylation is 1. The van der Waals surface area contributed by atoms with E-state index in [1.165, 1.54) is 5.56 Å². The summed E-state index contributed by atoms with van der Waals surface area (Å²) in [6.07, 6.45) is 3.54. The molecule has 0 radical (unpaired) electrons. The highest BCUT2D eigenvalue weighted by Gasteiger charge is 2.06. The average molecular weight is 354 g/mol. The zero-order valence-electron chi connectivity index (χ0n) is 12.3. The Morgan fingerprint density at radius 1 is 1.27 bits per heavy atom. The molecule has 3 heteroatoms. The van der Waals surface area contributed by atoms with Crippen molar-refractivity contribution in [3.63, 3.8) is 0 Å². The quantitative estimate of drug-likeness (QED) is 0.410. The van der Waals surface area contributed by atoms with Crippen molar-refractivity contribution in [2.24, 2.45) is 0 Å². The fourth-order valence-electron chi connectivity index (χ4n) is 1.98. The van der Waals surface area contributed by atoms with E-state index >= 15 is 0 Å². The van der Waals surface area contributed by atoms with E-state index in [-0.39, 0.29) is 0 Å². The van der Waals surface area contributed by atoms with Gasteiger partial charge in [-0.2, -0.15) is 5.26 Å². The van der Waals surface area contributed by atoms with Gasteiger partial charge in [0, 0.05) is 10.0 Å². The van der Waals surface area contributed by atoms with Crippen molar-refractivity contribution in [2.45, 2.75) is 6.92 Å². The maximum atomic E-state index is 9.46. The molecule has 2 aromatic rings. The molecule has 0 bridgehead atoms. The van der Waals surface area contributed by atoms with Crippen LogP contribution in [0.4, 0.5) is 0 Å². The Kier molecular flexibility index (Phi) is 5.57. The Balaban J connectivity index is 2.44. The minimum Gasteiger partial charge on any atom is -0.489 e. The van der Waals surface area contributed by atoms with E-state index in [2.05, 4.69) is 28.6 Å². The third kappa shape index (κ3) is 4.09. The topological polar surface area (TPSA) is 33.0 Å². The number of hydrogen-bond donors (Lipinski definition) is 0. The van der Waals surface area contributed by atoms with Crippen LogP contribution < -0.4 is 4.74 Å². The Labute approximate surface area is 139 Å². The van der Waals surface area contributed by atoms with Gasteiger partial charge in [0.2, 0.25) is 0 Å². The van der Waals surface area contributed by atoms with Crippen molar-refractivity contribution in [3.05, 3.63) is 76.3 Å². The Morgan fingerprint density at radius 3 is 2.64 bits per heavy atom. The van der Waals surface area contributed by atoms with Gasteiger partial charge in [0.15, 0.2) is 0 Å². The number of nitriles is 1. The van der Waals surface area contributed by atoms with Gasteiger partial charge in [0.25, 0.3) is 0 Å². The molecule has 0 amide bonds. The summed E-state index contributed by atoms with van der Waals surface area (Å²) >= 11 is 3.45. The van der Waals surface area contributed by atoms with Crippen LogP contribution in [0.5, 0.6) is 5.75 Å². The summed E-state index contributed by atoms with van der Waals surface area (Å²) in [5, 5.41) is 9.46. The van der Waals surface area contributed by atoms with Crippen LogP contribution in [-0.2, 0) is 0 Å². The van der Waals surface area contributed by atoms with Gasteiger partial charge in [0.1, 0.15) is 12.4 Å². The summed E-state index contributed by atoms with van der Waals surface area (Å²) < 4.78 is 6.58. The minimum absolute atomic E-state index is 0.425. The van der Waals surface area contributed by atoms with Crippen LogP contribution in [0.3, 0.4) is 0 Å². The molecule has 0 N–H and O–H groups in total. The molecule has 0 heterocycles. The van der Waals surface area contributed by atoms with E-state index in [1.54, 1.807) is 6.08 Å². The lowest BCUT2D eigenvalue weighted by Crippen LogP contribution is -1.95. The van der Waals surface area contributed by atoms with Crippen LogP contribution in [0, 0.1) is 18.3 Å². The van der Waals surface area contributed by atoms with Crippen LogP contribution in [0.2, 0.25) is 0 Å². The standard InChI is InChI=1S/C19H16BrNO/c1-3-10-22-19-9-8-18(20)12-16(19)11-17(13-21)15-6-4-14(2)5-7-15/h3-9,11-12H,1,10H2,2H3/b17-11+. The molecule has 0 saturated carbocycles. The third-order valence-corrected chi connectivity index (χ3v) is 3.60. The molecule has 2 nitrogen and oxygen atoms in total. The summed E-state index contributed by atoms with van der Waals surface area (Å²) in [7, 11) is 0. The summed E-state index contributed by atoms with van der Waals surface area (Å²) in [5.74, 6) is 0.725. The largest absolute Gasteiger partial charge is 0.489 e. The van der Waals surface area contributed by atoms with Crippen molar-refractivity contribution in [2.75, 3.05) is 6.61 Å². The fourth-order valence-corrected chi connectivity index (χ4v) is 2.36. The van der Waals surface area contributed by atoms with Crippen molar-refractivity contribution >= 4 is 27.6 Å². The van der Waals surface area contributed by atoms with Crippen molar-refractivity contribution < 1.29 is 4.74 Å². The highest BCUT2D eigenvalue weighted by Crippen LogP contribution is 2.28.